The summed E-state index contributed by atoms with van der Waals surface area (Å²) in [5, 5.41) is 2.95. The Labute approximate surface area is 114 Å². The van der Waals surface area contributed by atoms with E-state index in [0.29, 0.717) is 29.9 Å². The summed E-state index contributed by atoms with van der Waals surface area (Å²) in [6.45, 7) is 7.32. The van der Waals surface area contributed by atoms with Gasteiger partial charge in [0.25, 0.3) is 5.91 Å². The Hall–Kier alpha value is -1.62. The summed E-state index contributed by atoms with van der Waals surface area (Å²) in [4.78, 5) is 18.4. The highest BCUT2D eigenvalue weighted by atomic mass is 16.1. The summed E-state index contributed by atoms with van der Waals surface area (Å²) in [6, 6.07) is 3.93. The smallest absolute Gasteiger partial charge is 0.269 e. The number of pyridine rings is 1. The Bertz CT molecular complexity index is 430. The monoisotopic (exact) mass is 262 g/mol. The summed E-state index contributed by atoms with van der Waals surface area (Å²) >= 11 is 0. The average molecular weight is 262 g/mol. The standard InChI is InChI=1S/C14H22N4O/c1-10(2)18-6-5-11(9-18)7-17-14(19)13-4-3-12(15)8-16-13/h3-4,8,10-11H,5-7,9,15H2,1-2H3,(H,17,19). The minimum Gasteiger partial charge on any atom is -0.397 e. The molecule has 0 saturated carbocycles. The molecule has 0 aromatic carbocycles. The lowest BCUT2D eigenvalue weighted by atomic mass is 10.1. The van der Waals surface area contributed by atoms with Gasteiger partial charge in [0.15, 0.2) is 0 Å². The van der Waals surface area contributed by atoms with Crippen LogP contribution in [0.5, 0.6) is 0 Å². The minimum atomic E-state index is -0.122. The molecule has 2 rings (SSSR count). The van der Waals surface area contributed by atoms with Gasteiger partial charge in [0.05, 0.1) is 11.9 Å². The molecule has 5 heteroatoms. The molecule has 0 spiro atoms. The molecule has 5 nitrogen and oxygen atoms in total. The SMILES string of the molecule is CC(C)N1CCC(CNC(=O)c2ccc(N)cn2)C1. The zero-order valence-electron chi connectivity index (χ0n) is 11.6. The molecule has 1 amide bonds. The van der Waals surface area contributed by atoms with E-state index in [1.165, 1.54) is 6.20 Å². The van der Waals surface area contributed by atoms with Gasteiger partial charge in [-0.15, -0.1) is 0 Å². The van der Waals surface area contributed by atoms with E-state index in [9.17, 15) is 4.79 Å². The van der Waals surface area contributed by atoms with Crippen molar-refractivity contribution in [2.24, 2.45) is 5.92 Å². The number of rotatable bonds is 4. The maximum atomic E-state index is 11.9. The van der Waals surface area contributed by atoms with Crippen molar-refractivity contribution in [2.75, 3.05) is 25.4 Å². The van der Waals surface area contributed by atoms with Gasteiger partial charge in [0.1, 0.15) is 5.69 Å². The molecule has 1 atom stereocenters. The second-order valence-electron chi connectivity index (χ2n) is 5.43. The molecular weight excluding hydrogens is 240 g/mol. The molecule has 1 fully saturated rings. The van der Waals surface area contributed by atoms with Crippen LogP contribution in [0.25, 0.3) is 0 Å². The number of aromatic nitrogens is 1. The normalized spacial score (nSPS) is 19.8. The van der Waals surface area contributed by atoms with Gasteiger partial charge >= 0.3 is 0 Å². The molecule has 19 heavy (non-hydrogen) atoms. The van der Waals surface area contributed by atoms with Crippen LogP contribution in [0.2, 0.25) is 0 Å². The predicted molar refractivity (Wildman–Crippen MR) is 75.8 cm³/mol. The third-order valence-corrected chi connectivity index (χ3v) is 3.62. The van der Waals surface area contributed by atoms with Gasteiger partial charge in [-0.2, -0.15) is 0 Å². The summed E-state index contributed by atoms with van der Waals surface area (Å²) in [5.41, 5.74) is 6.54. The largest absolute Gasteiger partial charge is 0.397 e. The molecule has 1 unspecified atom stereocenters. The number of nitrogens with zero attached hydrogens (tertiary/aromatic N) is 2. The maximum absolute atomic E-state index is 11.9. The van der Waals surface area contributed by atoms with Crippen molar-refractivity contribution >= 4 is 11.6 Å². The molecule has 1 aliphatic rings. The van der Waals surface area contributed by atoms with E-state index < -0.39 is 0 Å². The lowest BCUT2D eigenvalue weighted by Crippen LogP contribution is -2.33. The van der Waals surface area contributed by atoms with Crippen LogP contribution in [0.4, 0.5) is 5.69 Å². The Kier molecular flexibility index (Phi) is 4.37. The number of nitrogen functional groups attached to an aromatic ring is 1. The fraction of sp³-hybridized carbons (Fsp3) is 0.571. The van der Waals surface area contributed by atoms with Crippen molar-refractivity contribution in [3.8, 4) is 0 Å². The van der Waals surface area contributed by atoms with Gasteiger partial charge in [-0.1, -0.05) is 0 Å². The van der Waals surface area contributed by atoms with Crippen LogP contribution in [-0.4, -0.2) is 41.5 Å². The average Bonchev–Trinajstić information content (AvgIpc) is 2.86. The van der Waals surface area contributed by atoms with Gasteiger partial charge in [-0.3, -0.25) is 4.79 Å². The molecule has 1 aliphatic heterocycles. The fourth-order valence-electron chi connectivity index (χ4n) is 2.37. The molecule has 0 radical (unpaired) electrons. The number of anilines is 1. The Morgan fingerprint density at radius 1 is 1.58 bits per heavy atom. The molecule has 1 aromatic rings. The van der Waals surface area contributed by atoms with Crippen LogP contribution in [-0.2, 0) is 0 Å². The van der Waals surface area contributed by atoms with Crippen molar-refractivity contribution < 1.29 is 4.79 Å². The van der Waals surface area contributed by atoms with Crippen LogP contribution < -0.4 is 11.1 Å². The molecule has 1 aromatic heterocycles. The second-order valence-corrected chi connectivity index (χ2v) is 5.43. The van der Waals surface area contributed by atoms with Gasteiger partial charge in [0, 0.05) is 19.1 Å². The quantitative estimate of drug-likeness (QED) is 0.853. The molecular formula is C14H22N4O. The number of carbonyl (C=O) groups excluding carboxylic acids is 1. The van der Waals surface area contributed by atoms with Crippen molar-refractivity contribution in [3.05, 3.63) is 24.0 Å². The topological polar surface area (TPSA) is 71.2 Å². The van der Waals surface area contributed by atoms with Crippen molar-refractivity contribution in [1.29, 1.82) is 0 Å². The van der Waals surface area contributed by atoms with E-state index in [1.807, 2.05) is 0 Å². The lowest BCUT2D eigenvalue weighted by Gasteiger charge is -2.20. The van der Waals surface area contributed by atoms with Gasteiger partial charge in [0.2, 0.25) is 0 Å². The number of likely N-dealkylation sites (tertiary alicyclic amines) is 1. The molecule has 1 saturated heterocycles. The number of carbonyl (C=O) groups is 1. The highest BCUT2D eigenvalue weighted by Gasteiger charge is 2.24. The number of nitrogens with one attached hydrogen (secondary N) is 1. The molecule has 0 aliphatic carbocycles. The fourth-order valence-corrected chi connectivity index (χ4v) is 2.37. The van der Waals surface area contributed by atoms with Gasteiger partial charge < -0.3 is 16.0 Å². The molecule has 2 heterocycles. The van der Waals surface area contributed by atoms with E-state index in [-0.39, 0.29) is 5.91 Å². The van der Waals surface area contributed by atoms with Crippen molar-refractivity contribution in [3.63, 3.8) is 0 Å². The minimum absolute atomic E-state index is 0.122. The molecule has 3 N–H and O–H groups in total. The third-order valence-electron chi connectivity index (χ3n) is 3.62. The number of hydrogen-bond acceptors (Lipinski definition) is 4. The number of nitrogens with two attached hydrogens (primary N) is 1. The van der Waals surface area contributed by atoms with Crippen LogP contribution in [0.3, 0.4) is 0 Å². The first-order valence-corrected chi connectivity index (χ1v) is 6.80. The van der Waals surface area contributed by atoms with Gasteiger partial charge in [-0.25, -0.2) is 4.98 Å². The van der Waals surface area contributed by atoms with E-state index in [4.69, 9.17) is 5.73 Å². The van der Waals surface area contributed by atoms with E-state index >= 15 is 0 Å². The van der Waals surface area contributed by atoms with Crippen molar-refractivity contribution in [1.82, 2.24) is 15.2 Å². The first-order valence-electron chi connectivity index (χ1n) is 6.80. The van der Waals surface area contributed by atoms with E-state index in [1.54, 1.807) is 12.1 Å². The Morgan fingerprint density at radius 2 is 2.37 bits per heavy atom. The number of hydrogen-bond donors (Lipinski definition) is 2. The second kappa shape index (κ2) is 6.02. The maximum Gasteiger partial charge on any atom is 0.269 e. The predicted octanol–water partition coefficient (Wildman–Crippen LogP) is 1.12. The third kappa shape index (κ3) is 3.67. The summed E-state index contributed by atoms with van der Waals surface area (Å²) in [7, 11) is 0. The van der Waals surface area contributed by atoms with Crippen molar-refractivity contribution in [2.45, 2.75) is 26.3 Å². The number of amides is 1. The first kappa shape index (κ1) is 13.8. The zero-order chi connectivity index (χ0) is 13.8. The molecule has 104 valence electrons. The zero-order valence-corrected chi connectivity index (χ0v) is 11.6. The Balaban J connectivity index is 1.80. The Morgan fingerprint density at radius 3 is 2.95 bits per heavy atom. The van der Waals surface area contributed by atoms with E-state index in [2.05, 4.69) is 29.0 Å². The van der Waals surface area contributed by atoms with Crippen LogP contribution in [0.15, 0.2) is 18.3 Å². The molecule has 0 bridgehead atoms. The highest BCUT2D eigenvalue weighted by molar-refractivity contribution is 5.92. The highest BCUT2D eigenvalue weighted by Crippen LogP contribution is 2.17. The summed E-state index contributed by atoms with van der Waals surface area (Å²) < 4.78 is 0. The van der Waals surface area contributed by atoms with Crippen LogP contribution in [0.1, 0.15) is 30.8 Å². The first-order chi connectivity index (χ1) is 9.06. The van der Waals surface area contributed by atoms with E-state index in [0.717, 1.165) is 19.5 Å². The summed E-state index contributed by atoms with van der Waals surface area (Å²) in [6.07, 6.45) is 2.65. The van der Waals surface area contributed by atoms with Gasteiger partial charge in [-0.05, 0) is 44.9 Å². The van der Waals surface area contributed by atoms with Crippen LogP contribution >= 0.6 is 0 Å². The van der Waals surface area contributed by atoms with Crippen LogP contribution in [0, 0.1) is 5.92 Å². The summed E-state index contributed by atoms with van der Waals surface area (Å²) in [5.74, 6) is 0.420. The lowest BCUT2D eigenvalue weighted by molar-refractivity contribution is 0.0942.